The summed E-state index contributed by atoms with van der Waals surface area (Å²) in [4.78, 5) is 16.0. The second-order valence-corrected chi connectivity index (χ2v) is 5.95. The van der Waals surface area contributed by atoms with Crippen LogP contribution < -0.4 is 10.2 Å². The van der Waals surface area contributed by atoms with Crippen LogP contribution in [-0.2, 0) is 0 Å². The van der Waals surface area contributed by atoms with E-state index in [2.05, 4.69) is 35.1 Å². The number of hydrogen-bond acceptors (Lipinski definition) is 5. The summed E-state index contributed by atoms with van der Waals surface area (Å²) >= 11 is 0. The van der Waals surface area contributed by atoms with Crippen LogP contribution in [0.25, 0.3) is 11.3 Å². The van der Waals surface area contributed by atoms with Crippen molar-refractivity contribution in [3.05, 3.63) is 36.4 Å². The van der Waals surface area contributed by atoms with E-state index in [1.165, 1.54) is 0 Å². The fourth-order valence-electron chi connectivity index (χ4n) is 2.62. The average molecular weight is 297 g/mol. The van der Waals surface area contributed by atoms with Gasteiger partial charge in [-0.25, -0.2) is 9.97 Å². The zero-order valence-electron chi connectivity index (χ0n) is 13.3. The van der Waals surface area contributed by atoms with Crippen molar-refractivity contribution in [1.82, 2.24) is 20.3 Å². The van der Waals surface area contributed by atoms with Gasteiger partial charge >= 0.3 is 0 Å². The highest BCUT2D eigenvalue weighted by atomic mass is 15.2. The number of hydrogen-bond donors (Lipinski definition) is 1. The predicted molar refractivity (Wildman–Crippen MR) is 89.1 cm³/mol. The van der Waals surface area contributed by atoms with Gasteiger partial charge in [-0.05, 0) is 25.1 Å². The van der Waals surface area contributed by atoms with Crippen LogP contribution in [0.1, 0.15) is 32.0 Å². The lowest BCUT2D eigenvalue weighted by Gasteiger charge is -2.22. The normalized spacial score (nSPS) is 15.9. The molecule has 116 valence electrons. The minimum Gasteiger partial charge on any atom is -0.355 e. The van der Waals surface area contributed by atoms with E-state index in [0.717, 1.165) is 55.5 Å². The van der Waals surface area contributed by atoms with E-state index < -0.39 is 0 Å². The summed E-state index contributed by atoms with van der Waals surface area (Å²) in [6.45, 7) is 8.39. The Labute approximate surface area is 131 Å². The number of rotatable bonds is 3. The Morgan fingerprint density at radius 1 is 1.09 bits per heavy atom. The van der Waals surface area contributed by atoms with E-state index in [4.69, 9.17) is 9.97 Å². The molecule has 0 amide bonds. The Hall–Kier alpha value is -2.01. The quantitative estimate of drug-likeness (QED) is 0.943. The fourth-order valence-corrected chi connectivity index (χ4v) is 2.62. The van der Waals surface area contributed by atoms with Gasteiger partial charge in [0.1, 0.15) is 11.6 Å². The van der Waals surface area contributed by atoms with Crippen LogP contribution in [-0.4, -0.2) is 41.1 Å². The lowest BCUT2D eigenvalue weighted by atomic mass is 10.1. The second kappa shape index (κ2) is 6.83. The van der Waals surface area contributed by atoms with Crippen molar-refractivity contribution in [3.63, 3.8) is 0 Å². The topological polar surface area (TPSA) is 53.9 Å². The molecule has 1 fully saturated rings. The van der Waals surface area contributed by atoms with E-state index in [9.17, 15) is 0 Å². The summed E-state index contributed by atoms with van der Waals surface area (Å²) in [7, 11) is 0. The molecule has 1 N–H and O–H groups in total. The molecular weight excluding hydrogens is 274 g/mol. The molecule has 3 rings (SSSR count). The molecule has 0 radical (unpaired) electrons. The summed E-state index contributed by atoms with van der Waals surface area (Å²) in [5.74, 6) is 2.25. The van der Waals surface area contributed by atoms with Crippen LogP contribution >= 0.6 is 0 Å². The molecule has 0 unspecified atom stereocenters. The minimum absolute atomic E-state index is 0.311. The van der Waals surface area contributed by atoms with E-state index >= 15 is 0 Å². The number of nitrogens with one attached hydrogen (secondary N) is 1. The van der Waals surface area contributed by atoms with E-state index in [1.54, 1.807) is 0 Å². The van der Waals surface area contributed by atoms with Crippen LogP contribution in [0.3, 0.4) is 0 Å². The highest BCUT2D eigenvalue weighted by Gasteiger charge is 2.15. The Bertz CT molecular complexity index is 604. The van der Waals surface area contributed by atoms with Crippen LogP contribution in [0.2, 0.25) is 0 Å². The third kappa shape index (κ3) is 3.42. The van der Waals surface area contributed by atoms with Gasteiger partial charge in [-0.1, -0.05) is 13.8 Å². The Kier molecular flexibility index (Phi) is 4.63. The number of anilines is 1. The summed E-state index contributed by atoms with van der Waals surface area (Å²) in [5.41, 5.74) is 2.07. The molecule has 0 aliphatic carbocycles. The van der Waals surface area contributed by atoms with Gasteiger partial charge in [0.15, 0.2) is 0 Å². The molecule has 1 aliphatic rings. The molecule has 0 atom stereocenters. The minimum atomic E-state index is 0.311. The van der Waals surface area contributed by atoms with Gasteiger partial charge < -0.3 is 10.2 Å². The second-order valence-electron chi connectivity index (χ2n) is 5.95. The summed E-state index contributed by atoms with van der Waals surface area (Å²) in [6, 6.07) is 6.10. The Morgan fingerprint density at radius 2 is 1.91 bits per heavy atom. The van der Waals surface area contributed by atoms with Crippen molar-refractivity contribution in [2.45, 2.75) is 26.2 Å². The molecular formula is C17H23N5. The zero-order chi connectivity index (χ0) is 15.4. The third-order valence-corrected chi connectivity index (χ3v) is 3.89. The van der Waals surface area contributed by atoms with Gasteiger partial charge in [-0.3, -0.25) is 4.98 Å². The van der Waals surface area contributed by atoms with E-state index in [1.807, 2.05) is 24.5 Å². The smallest absolute Gasteiger partial charge is 0.133 e. The maximum atomic E-state index is 4.80. The highest BCUT2D eigenvalue weighted by Crippen LogP contribution is 2.24. The van der Waals surface area contributed by atoms with Crippen molar-refractivity contribution in [2.24, 2.45) is 0 Å². The van der Waals surface area contributed by atoms with Crippen molar-refractivity contribution in [2.75, 3.05) is 31.1 Å². The molecule has 1 saturated heterocycles. The molecule has 5 heteroatoms. The number of aromatic nitrogens is 3. The molecule has 5 nitrogen and oxygen atoms in total. The van der Waals surface area contributed by atoms with E-state index in [-0.39, 0.29) is 0 Å². The molecule has 3 heterocycles. The highest BCUT2D eigenvalue weighted by molar-refractivity contribution is 5.62. The average Bonchev–Trinajstić information content (AvgIpc) is 2.84. The summed E-state index contributed by atoms with van der Waals surface area (Å²) in [6.07, 6.45) is 4.76. The first-order chi connectivity index (χ1) is 10.7. The first-order valence-corrected chi connectivity index (χ1v) is 7.99. The molecule has 2 aromatic rings. The maximum absolute atomic E-state index is 4.80. The lowest BCUT2D eigenvalue weighted by molar-refractivity contribution is 0.724. The summed E-state index contributed by atoms with van der Waals surface area (Å²) < 4.78 is 0. The van der Waals surface area contributed by atoms with Gasteiger partial charge in [-0.15, -0.1) is 0 Å². The maximum Gasteiger partial charge on any atom is 0.133 e. The van der Waals surface area contributed by atoms with Crippen molar-refractivity contribution < 1.29 is 0 Å². The molecule has 0 bridgehead atoms. The van der Waals surface area contributed by atoms with Crippen molar-refractivity contribution >= 4 is 5.82 Å². The fraction of sp³-hybridized carbons (Fsp3) is 0.471. The van der Waals surface area contributed by atoms with Gasteiger partial charge in [0.25, 0.3) is 0 Å². The zero-order valence-corrected chi connectivity index (χ0v) is 13.3. The van der Waals surface area contributed by atoms with Crippen LogP contribution in [0, 0.1) is 0 Å². The molecule has 22 heavy (non-hydrogen) atoms. The van der Waals surface area contributed by atoms with Gasteiger partial charge in [-0.2, -0.15) is 0 Å². The van der Waals surface area contributed by atoms with Gasteiger partial charge in [0, 0.05) is 49.6 Å². The SMILES string of the molecule is CC(C)c1nc(-c2ccncc2)cc(N2CCCNCC2)n1. The molecule has 0 spiro atoms. The standard InChI is InChI=1S/C17H23N5/c1-13(2)17-20-15(14-4-7-19-8-5-14)12-16(21-17)22-10-3-6-18-9-11-22/h4-5,7-8,12-13,18H,3,6,9-11H2,1-2H3. The third-order valence-electron chi connectivity index (χ3n) is 3.89. The monoisotopic (exact) mass is 297 g/mol. The summed E-state index contributed by atoms with van der Waals surface area (Å²) in [5, 5.41) is 3.44. The molecule has 2 aromatic heterocycles. The molecule has 0 aromatic carbocycles. The largest absolute Gasteiger partial charge is 0.355 e. The lowest BCUT2D eigenvalue weighted by Crippen LogP contribution is -2.29. The van der Waals surface area contributed by atoms with E-state index in [0.29, 0.717) is 5.92 Å². The number of pyridine rings is 1. The Morgan fingerprint density at radius 3 is 2.68 bits per heavy atom. The van der Waals surface area contributed by atoms with Gasteiger partial charge in [0.05, 0.1) is 5.69 Å². The molecule has 0 saturated carbocycles. The molecule has 1 aliphatic heterocycles. The van der Waals surface area contributed by atoms with Crippen LogP contribution in [0.15, 0.2) is 30.6 Å². The van der Waals surface area contributed by atoms with Crippen molar-refractivity contribution in [1.29, 1.82) is 0 Å². The first-order valence-electron chi connectivity index (χ1n) is 7.99. The predicted octanol–water partition coefficient (Wildman–Crippen LogP) is 2.46. The first kappa shape index (κ1) is 14.9. The number of nitrogens with zero attached hydrogens (tertiary/aromatic N) is 4. The van der Waals surface area contributed by atoms with Gasteiger partial charge in [0.2, 0.25) is 0 Å². The van der Waals surface area contributed by atoms with Crippen LogP contribution in [0.5, 0.6) is 0 Å². The van der Waals surface area contributed by atoms with Crippen molar-refractivity contribution in [3.8, 4) is 11.3 Å². The van der Waals surface area contributed by atoms with Crippen LogP contribution in [0.4, 0.5) is 5.82 Å². The Balaban J connectivity index is 2.00.